The van der Waals surface area contributed by atoms with Crippen molar-refractivity contribution in [3.63, 3.8) is 0 Å². The highest BCUT2D eigenvalue weighted by Gasteiger charge is 2.23. The van der Waals surface area contributed by atoms with Crippen molar-refractivity contribution >= 4 is 17.7 Å². The number of hydrogen-bond donors (Lipinski definition) is 1. The topological polar surface area (TPSA) is 32.3 Å². The SMILES string of the molecule is CC(C)Sc1ccc(C(=O)N2CCNC[C@@H]2C)cc1. The van der Waals surface area contributed by atoms with Crippen LogP contribution >= 0.6 is 11.8 Å². The van der Waals surface area contributed by atoms with Crippen molar-refractivity contribution in [1.29, 1.82) is 0 Å². The first kappa shape index (κ1) is 14.4. The molecule has 0 bridgehead atoms. The quantitative estimate of drug-likeness (QED) is 0.863. The number of nitrogens with one attached hydrogen (secondary N) is 1. The van der Waals surface area contributed by atoms with Gasteiger partial charge in [0.05, 0.1) is 0 Å². The second kappa shape index (κ2) is 6.44. The normalized spacial score (nSPS) is 19.8. The van der Waals surface area contributed by atoms with E-state index >= 15 is 0 Å². The minimum absolute atomic E-state index is 0.148. The fourth-order valence-corrected chi connectivity index (χ4v) is 3.09. The zero-order chi connectivity index (χ0) is 13.8. The Hall–Kier alpha value is -1.00. The van der Waals surface area contributed by atoms with Gasteiger partial charge in [0, 0.05) is 41.4 Å². The van der Waals surface area contributed by atoms with Crippen molar-refractivity contribution in [2.75, 3.05) is 19.6 Å². The molecule has 1 fully saturated rings. The lowest BCUT2D eigenvalue weighted by molar-refractivity contribution is 0.0655. The van der Waals surface area contributed by atoms with Gasteiger partial charge in [0.15, 0.2) is 0 Å². The fourth-order valence-electron chi connectivity index (χ4n) is 2.26. The number of rotatable bonds is 3. The molecule has 0 radical (unpaired) electrons. The molecule has 1 saturated heterocycles. The molecule has 1 aliphatic rings. The van der Waals surface area contributed by atoms with Crippen molar-refractivity contribution in [3.8, 4) is 0 Å². The van der Waals surface area contributed by atoms with E-state index in [1.54, 1.807) is 0 Å². The molecular formula is C15H22N2OS. The summed E-state index contributed by atoms with van der Waals surface area (Å²) < 4.78 is 0. The summed E-state index contributed by atoms with van der Waals surface area (Å²) in [6.45, 7) is 9.00. The average Bonchev–Trinajstić information content (AvgIpc) is 2.39. The van der Waals surface area contributed by atoms with Crippen molar-refractivity contribution < 1.29 is 4.79 Å². The van der Waals surface area contributed by atoms with E-state index in [1.807, 2.05) is 40.9 Å². The maximum atomic E-state index is 12.4. The molecule has 1 aliphatic heterocycles. The second-order valence-corrected chi connectivity index (χ2v) is 6.89. The Bertz CT molecular complexity index is 430. The summed E-state index contributed by atoms with van der Waals surface area (Å²) in [4.78, 5) is 15.6. The average molecular weight is 278 g/mol. The monoisotopic (exact) mass is 278 g/mol. The zero-order valence-electron chi connectivity index (χ0n) is 11.8. The van der Waals surface area contributed by atoms with E-state index in [4.69, 9.17) is 0 Å². The van der Waals surface area contributed by atoms with Gasteiger partial charge in [-0.05, 0) is 31.2 Å². The summed E-state index contributed by atoms with van der Waals surface area (Å²) in [5.74, 6) is 0.148. The molecule has 1 aromatic carbocycles. The first-order valence-electron chi connectivity index (χ1n) is 6.86. The Morgan fingerprint density at radius 2 is 2.05 bits per heavy atom. The zero-order valence-corrected chi connectivity index (χ0v) is 12.7. The molecular weight excluding hydrogens is 256 g/mol. The third-order valence-electron chi connectivity index (χ3n) is 3.24. The first-order chi connectivity index (χ1) is 9.08. The van der Waals surface area contributed by atoms with Gasteiger partial charge >= 0.3 is 0 Å². The molecule has 0 spiro atoms. The molecule has 1 N–H and O–H groups in total. The summed E-state index contributed by atoms with van der Waals surface area (Å²) in [5, 5.41) is 3.87. The maximum absolute atomic E-state index is 12.4. The molecule has 0 aromatic heterocycles. The van der Waals surface area contributed by atoms with Crippen LogP contribution in [0.15, 0.2) is 29.2 Å². The lowest BCUT2D eigenvalue weighted by Crippen LogP contribution is -2.52. The second-order valence-electron chi connectivity index (χ2n) is 5.24. The molecule has 1 heterocycles. The van der Waals surface area contributed by atoms with Gasteiger partial charge in [-0.15, -0.1) is 11.8 Å². The van der Waals surface area contributed by atoms with Crippen LogP contribution in [0.5, 0.6) is 0 Å². The van der Waals surface area contributed by atoms with Crippen LogP contribution in [-0.2, 0) is 0 Å². The van der Waals surface area contributed by atoms with Gasteiger partial charge in [0.1, 0.15) is 0 Å². The van der Waals surface area contributed by atoms with E-state index in [0.717, 1.165) is 25.2 Å². The summed E-state index contributed by atoms with van der Waals surface area (Å²) in [6, 6.07) is 8.25. The van der Waals surface area contributed by atoms with E-state index in [0.29, 0.717) is 5.25 Å². The van der Waals surface area contributed by atoms with Crippen molar-refractivity contribution in [2.24, 2.45) is 0 Å². The molecule has 104 valence electrons. The minimum atomic E-state index is 0.148. The van der Waals surface area contributed by atoms with Crippen LogP contribution in [0.2, 0.25) is 0 Å². The van der Waals surface area contributed by atoms with Crippen LogP contribution in [0.1, 0.15) is 31.1 Å². The molecule has 1 aromatic rings. The molecule has 1 amide bonds. The molecule has 0 unspecified atom stereocenters. The van der Waals surface area contributed by atoms with Gasteiger partial charge in [0.25, 0.3) is 5.91 Å². The number of thioether (sulfide) groups is 1. The number of carbonyl (C=O) groups excluding carboxylic acids is 1. The van der Waals surface area contributed by atoms with Crippen LogP contribution in [0.4, 0.5) is 0 Å². The molecule has 3 nitrogen and oxygen atoms in total. The molecule has 1 atom stereocenters. The first-order valence-corrected chi connectivity index (χ1v) is 7.74. The van der Waals surface area contributed by atoms with Crippen LogP contribution in [0.3, 0.4) is 0 Å². The summed E-state index contributed by atoms with van der Waals surface area (Å²) >= 11 is 1.82. The smallest absolute Gasteiger partial charge is 0.254 e. The summed E-state index contributed by atoms with van der Waals surface area (Å²) in [6.07, 6.45) is 0. The fraction of sp³-hybridized carbons (Fsp3) is 0.533. The Kier molecular flexibility index (Phi) is 4.88. The van der Waals surface area contributed by atoms with Crippen LogP contribution in [0.25, 0.3) is 0 Å². The van der Waals surface area contributed by atoms with E-state index in [1.165, 1.54) is 4.90 Å². The number of nitrogens with zero attached hydrogens (tertiary/aromatic N) is 1. The van der Waals surface area contributed by atoms with E-state index in [9.17, 15) is 4.79 Å². The Morgan fingerprint density at radius 3 is 2.63 bits per heavy atom. The number of piperazine rings is 1. The third kappa shape index (κ3) is 3.74. The van der Waals surface area contributed by atoms with Gasteiger partial charge < -0.3 is 10.2 Å². The predicted octanol–water partition coefficient (Wildman–Crippen LogP) is 2.62. The molecule has 0 aliphatic carbocycles. The Labute approximate surface area is 119 Å². The van der Waals surface area contributed by atoms with Crippen LogP contribution in [-0.4, -0.2) is 41.7 Å². The van der Waals surface area contributed by atoms with Gasteiger partial charge in [-0.3, -0.25) is 4.79 Å². The van der Waals surface area contributed by atoms with Gasteiger partial charge in [-0.25, -0.2) is 0 Å². The highest BCUT2D eigenvalue weighted by atomic mass is 32.2. The van der Waals surface area contributed by atoms with Crippen molar-refractivity contribution in [1.82, 2.24) is 10.2 Å². The van der Waals surface area contributed by atoms with E-state index in [-0.39, 0.29) is 11.9 Å². The minimum Gasteiger partial charge on any atom is -0.333 e. The largest absolute Gasteiger partial charge is 0.333 e. The van der Waals surface area contributed by atoms with E-state index < -0.39 is 0 Å². The molecule has 2 rings (SSSR count). The van der Waals surface area contributed by atoms with Gasteiger partial charge in [-0.2, -0.15) is 0 Å². The lowest BCUT2D eigenvalue weighted by Gasteiger charge is -2.34. The Morgan fingerprint density at radius 1 is 1.37 bits per heavy atom. The highest BCUT2D eigenvalue weighted by molar-refractivity contribution is 7.99. The predicted molar refractivity (Wildman–Crippen MR) is 80.8 cm³/mol. The maximum Gasteiger partial charge on any atom is 0.254 e. The summed E-state index contributed by atoms with van der Waals surface area (Å²) in [5.41, 5.74) is 0.793. The molecule has 19 heavy (non-hydrogen) atoms. The van der Waals surface area contributed by atoms with Crippen LogP contribution in [0, 0.1) is 0 Å². The van der Waals surface area contributed by atoms with Crippen molar-refractivity contribution in [3.05, 3.63) is 29.8 Å². The Balaban J connectivity index is 2.06. The summed E-state index contributed by atoms with van der Waals surface area (Å²) in [7, 11) is 0. The number of hydrogen-bond acceptors (Lipinski definition) is 3. The number of amides is 1. The molecule has 0 saturated carbocycles. The standard InChI is InChI=1S/C15H22N2OS/c1-11(2)19-14-6-4-13(5-7-14)15(18)17-9-8-16-10-12(17)3/h4-7,11-12,16H,8-10H2,1-3H3/t12-/m0/s1. The third-order valence-corrected chi connectivity index (χ3v) is 4.25. The van der Waals surface area contributed by atoms with Crippen molar-refractivity contribution in [2.45, 2.75) is 37.0 Å². The lowest BCUT2D eigenvalue weighted by atomic mass is 10.1. The van der Waals surface area contributed by atoms with Gasteiger partial charge in [0.2, 0.25) is 0 Å². The van der Waals surface area contributed by atoms with Crippen LogP contribution < -0.4 is 5.32 Å². The number of benzene rings is 1. The van der Waals surface area contributed by atoms with E-state index in [2.05, 4.69) is 26.1 Å². The molecule has 4 heteroatoms. The highest BCUT2D eigenvalue weighted by Crippen LogP contribution is 2.23. The van der Waals surface area contributed by atoms with Gasteiger partial charge in [-0.1, -0.05) is 13.8 Å². The number of carbonyl (C=O) groups is 1.